The van der Waals surface area contributed by atoms with Crippen LogP contribution in [0.3, 0.4) is 0 Å². The average Bonchev–Trinajstić information content (AvgIpc) is 2.81. The highest BCUT2D eigenvalue weighted by Gasteiger charge is 2.16. The van der Waals surface area contributed by atoms with Crippen molar-refractivity contribution < 1.29 is 22.6 Å². The number of hydrogen-bond acceptors (Lipinski definition) is 2. The molecule has 2 nitrogen and oxygen atoms in total. The highest BCUT2D eigenvalue weighted by atomic mass is 19.2. The maximum absolute atomic E-state index is 14.6. The lowest BCUT2D eigenvalue weighted by Gasteiger charge is -2.15. The van der Waals surface area contributed by atoms with Gasteiger partial charge in [0.2, 0.25) is 5.83 Å². The number of rotatable bonds is 16. The molecule has 33 heavy (non-hydrogen) atoms. The first kappa shape index (κ1) is 29.7. The van der Waals surface area contributed by atoms with Gasteiger partial charge in [-0.25, -0.2) is 8.78 Å². The van der Waals surface area contributed by atoms with Gasteiger partial charge in [0.15, 0.2) is 11.6 Å². The predicted octanol–water partition coefficient (Wildman–Crippen LogP) is 8.27. The second-order valence-corrected chi connectivity index (χ2v) is 7.23. The fourth-order valence-electron chi connectivity index (χ4n) is 2.04. The average molecular weight is 459 g/mol. The van der Waals surface area contributed by atoms with Crippen LogP contribution in [-0.4, -0.2) is 19.3 Å². The predicted molar refractivity (Wildman–Crippen MR) is 133 cm³/mol. The van der Waals surface area contributed by atoms with Crippen molar-refractivity contribution in [1.82, 2.24) is 0 Å². The Bertz CT molecular complexity index is 929. The summed E-state index contributed by atoms with van der Waals surface area (Å²) in [5.41, 5.74) is 0.452. The first-order chi connectivity index (χ1) is 15.4. The molecule has 0 aromatic heterocycles. The third-order valence-electron chi connectivity index (χ3n) is 4.51. The van der Waals surface area contributed by atoms with E-state index in [9.17, 15) is 13.2 Å². The minimum absolute atomic E-state index is 0.00628. The van der Waals surface area contributed by atoms with E-state index in [1.807, 2.05) is 13.8 Å². The third kappa shape index (κ3) is 10.2. The molecule has 178 valence electrons. The monoisotopic (exact) mass is 458 g/mol. The van der Waals surface area contributed by atoms with E-state index in [0.29, 0.717) is 12.2 Å². The molecule has 0 N–H and O–H groups in total. The van der Waals surface area contributed by atoms with Gasteiger partial charge < -0.3 is 9.47 Å². The summed E-state index contributed by atoms with van der Waals surface area (Å²) in [5.74, 6) is -3.82. The Morgan fingerprint density at radius 3 is 1.91 bits per heavy atom. The summed E-state index contributed by atoms with van der Waals surface area (Å²) in [5, 5.41) is 0. The fourth-order valence-corrected chi connectivity index (χ4v) is 2.04. The smallest absolute Gasteiger partial charge is 0.200 e. The molecule has 0 saturated heterocycles. The van der Waals surface area contributed by atoms with Gasteiger partial charge in [0.25, 0.3) is 0 Å². The van der Waals surface area contributed by atoms with Crippen molar-refractivity contribution in [1.29, 1.82) is 0 Å². The molecule has 2 unspecified atom stereocenters. The Morgan fingerprint density at radius 2 is 1.39 bits per heavy atom. The SMILES string of the molecule is C=CCOC(=C)/C(F)=C(/F)C(=C)C(=C)/C=C\C(=C)C(=C)/C(F)=C\C(=C)C(C)COC(C)C=C. The van der Waals surface area contributed by atoms with Crippen molar-refractivity contribution in [2.24, 2.45) is 5.92 Å². The minimum Gasteiger partial charge on any atom is -0.487 e. The summed E-state index contributed by atoms with van der Waals surface area (Å²) in [6.45, 7) is 32.8. The lowest BCUT2D eigenvalue weighted by molar-refractivity contribution is 0.0808. The van der Waals surface area contributed by atoms with Crippen molar-refractivity contribution in [3.05, 3.63) is 134 Å². The van der Waals surface area contributed by atoms with Crippen LogP contribution in [0.4, 0.5) is 13.2 Å². The van der Waals surface area contributed by atoms with Gasteiger partial charge in [-0.15, -0.1) is 6.58 Å². The molecule has 0 bridgehead atoms. The Kier molecular flexibility index (Phi) is 13.2. The summed E-state index contributed by atoms with van der Waals surface area (Å²) >= 11 is 0. The Balaban J connectivity index is 5.16. The molecule has 0 rings (SSSR count). The van der Waals surface area contributed by atoms with Crippen LogP contribution in [0.25, 0.3) is 0 Å². The van der Waals surface area contributed by atoms with Gasteiger partial charge in [-0.2, -0.15) is 4.39 Å². The highest BCUT2D eigenvalue weighted by molar-refractivity contribution is 5.53. The second kappa shape index (κ2) is 14.7. The zero-order valence-electron chi connectivity index (χ0n) is 19.6. The van der Waals surface area contributed by atoms with Crippen molar-refractivity contribution in [2.45, 2.75) is 20.0 Å². The molecule has 0 aliphatic heterocycles. The third-order valence-corrected chi connectivity index (χ3v) is 4.51. The largest absolute Gasteiger partial charge is 0.487 e. The summed E-state index contributed by atoms with van der Waals surface area (Å²) in [6, 6.07) is 0. The van der Waals surface area contributed by atoms with E-state index in [0.717, 1.165) is 0 Å². The van der Waals surface area contributed by atoms with Crippen molar-refractivity contribution in [3.8, 4) is 0 Å². The van der Waals surface area contributed by atoms with Crippen LogP contribution in [0, 0.1) is 5.92 Å². The Hall–Kier alpha value is -3.31. The van der Waals surface area contributed by atoms with E-state index < -0.39 is 23.2 Å². The molecular weight excluding hydrogens is 425 g/mol. The molecule has 0 aliphatic carbocycles. The molecule has 0 aliphatic rings. The van der Waals surface area contributed by atoms with Gasteiger partial charge in [0.1, 0.15) is 12.4 Å². The Morgan fingerprint density at radius 1 is 0.848 bits per heavy atom. The van der Waals surface area contributed by atoms with Crippen LogP contribution in [-0.2, 0) is 9.47 Å². The van der Waals surface area contributed by atoms with Gasteiger partial charge in [0, 0.05) is 17.1 Å². The van der Waals surface area contributed by atoms with Gasteiger partial charge in [-0.1, -0.05) is 77.3 Å². The Labute approximate surface area is 196 Å². The zero-order valence-corrected chi connectivity index (χ0v) is 19.6. The van der Waals surface area contributed by atoms with E-state index >= 15 is 0 Å². The topological polar surface area (TPSA) is 18.5 Å². The molecule has 0 fully saturated rings. The van der Waals surface area contributed by atoms with E-state index in [1.165, 1.54) is 24.3 Å². The van der Waals surface area contributed by atoms with Gasteiger partial charge in [0.05, 0.1) is 12.7 Å². The lowest BCUT2D eigenvalue weighted by Crippen LogP contribution is -2.12. The van der Waals surface area contributed by atoms with Crippen molar-refractivity contribution in [2.75, 3.05) is 13.2 Å². The molecule has 0 saturated carbocycles. The van der Waals surface area contributed by atoms with Crippen LogP contribution in [0.2, 0.25) is 0 Å². The number of allylic oxidation sites excluding steroid dienone is 10. The molecule has 5 heteroatoms. The highest BCUT2D eigenvalue weighted by Crippen LogP contribution is 2.28. The molecule has 2 atom stereocenters. The van der Waals surface area contributed by atoms with Crippen LogP contribution in [0.1, 0.15) is 13.8 Å². The van der Waals surface area contributed by atoms with Gasteiger partial charge >= 0.3 is 0 Å². The molecule has 0 aromatic rings. The minimum atomic E-state index is -1.30. The zero-order chi connectivity index (χ0) is 25.7. The normalized spacial score (nSPS) is 14.0. The number of ether oxygens (including phenoxy) is 2. The summed E-state index contributed by atoms with van der Waals surface area (Å²) in [6.07, 6.45) is 6.86. The first-order valence-electron chi connectivity index (χ1n) is 10.1. The van der Waals surface area contributed by atoms with Crippen LogP contribution >= 0.6 is 0 Å². The van der Waals surface area contributed by atoms with Crippen LogP contribution in [0.5, 0.6) is 0 Å². The lowest BCUT2D eigenvalue weighted by atomic mass is 9.99. The van der Waals surface area contributed by atoms with E-state index in [4.69, 9.17) is 9.47 Å². The van der Waals surface area contributed by atoms with E-state index in [-0.39, 0.29) is 40.9 Å². The fraction of sp³-hybridized carbons (Fsp3) is 0.214. The number of hydrogen-bond donors (Lipinski definition) is 0. The molecule has 0 heterocycles. The van der Waals surface area contributed by atoms with E-state index in [1.54, 1.807) is 6.08 Å². The van der Waals surface area contributed by atoms with Crippen molar-refractivity contribution >= 4 is 0 Å². The summed E-state index contributed by atoms with van der Waals surface area (Å²) in [4.78, 5) is 0. The van der Waals surface area contributed by atoms with Crippen molar-refractivity contribution in [3.63, 3.8) is 0 Å². The summed E-state index contributed by atoms with van der Waals surface area (Å²) in [7, 11) is 0. The van der Waals surface area contributed by atoms with Crippen LogP contribution < -0.4 is 0 Å². The molecule has 0 radical (unpaired) electrons. The van der Waals surface area contributed by atoms with Gasteiger partial charge in [-0.3, -0.25) is 0 Å². The maximum Gasteiger partial charge on any atom is 0.200 e. The standard InChI is InChI=1S/C28H33F3O2/c1-11-15-32-25(10)28(31)27(30)24(9)19(4)14-13-18(3)23(8)26(29)16-20(5)21(6)17-33-22(7)12-2/h11-14,16,21-22H,1-5,8-10,15,17H2,6-7H3/b14-13-,26-16+,28-27-. The maximum atomic E-state index is 14.6. The molecular formula is C28H33F3O2. The summed E-state index contributed by atoms with van der Waals surface area (Å²) < 4.78 is 53.4. The van der Waals surface area contributed by atoms with Crippen LogP contribution in [0.15, 0.2) is 134 Å². The molecule has 0 amide bonds. The second-order valence-electron chi connectivity index (χ2n) is 7.23. The van der Waals surface area contributed by atoms with E-state index in [2.05, 4.69) is 52.6 Å². The first-order valence-corrected chi connectivity index (χ1v) is 10.1. The number of halogens is 3. The molecule has 0 aromatic carbocycles. The molecule has 0 spiro atoms. The van der Waals surface area contributed by atoms with Gasteiger partial charge in [-0.05, 0) is 29.7 Å². The quantitative estimate of drug-likeness (QED) is 0.132.